The van der Waals surface area contributed by atoms with Crippen molar-refractivity contribution >= 4 is 12.0 Å². The molecule has 0 unspecified atom stereocenters. The summed E-state index contributed by atoms with van der Waals surface area (Å²) in [4.78, 5) is 12.9. The third-order valence-electron chi connectivity index (χ3n) is 4.26. The zero-order chi connectivity index (χ0) is 15.4. The quantitative estimate of drug-likeness (QED) is 0.618. The lowest BCUT2D eigenvalue weighted by Crippen LogP contribution is -2.39. The average Bonchev–Trinajstić information content (AvgIpc) is 2.52. The number of rotatable bonds is 5. The molecule has 5 heteroatoms. The molecule has 4 nitrogen and oxygen atoms in total. The van der Waals surface area contributed by atoms with Crippen molar-refractivity contribution in [3.63, 3.8) is 0 Å². The predicted octanol–water partition coefficient (Wildman–Crippen LogP) is 2.78. The molecule has 0 amide bonds. The largest absolute Gasteiger partial charge is 0.369 e. The van der Waals surface area contributed by atoms with Crippen molar-refractivity contribution in [2.75, 3.05) is 32.2 Å². The van der Waals surface area contributed by atoms with Gasteiger partial charge in [0.05, 0.1) is 5.69 Å². The van der Waals surface area contributed by atoms with Crippen LogP contribution in [0.5, 0.6) is 0 Å². The molecule has 1 aromatic rings. The number of carbonyl (C=O) groups is 1. The van der Waals surface area contributed by atoms with Crippen LogP contribution in [0.2, 0.25) is 0 Å². The van der Waals surface area contributed by atoms with Crippen LogP contribution in [0.1, 0.15) is 28.8 Å². The van der Waals surface area contributed by atoms with Gasteiger partial charge in [-0.2, -0.15) is 0 Å². The molecule has 21 heavy (non-hydrogen) atoms. The van der Waals surface area contributed by atoms with Crippen LogP contribution in [0, 0.1) is 18.7 Å². The molecule has 1 heterocycles. The van der Waals surface area contributed by atoms with Gasteiger partial charge in [0.1, 0.15) is 12.1 Å². The van der Waals surface area contributed by atoms with E-state index in [1.807, 2.05) is 4.90 Å². The van der Waals surface area contributed by atoms with Crippen LogP contribution in [0.4, 0.5) is 10.1 Å². The molecular weight excluding hydrogens is 273 g/mol. The smallest absolute Gasteiger partial charge is 0.159 e. The monoisotopic (exact) mass is 295 g/mol. The molecule has 2 rings (SSSR count). The highest BCUT2D eigenvalue weighted by atomic mass is 19.1. The third-order valence-corrected chi connectivity index (χ3v) is 4.26. The highest BCUT2D eigenvalue weighted by Gasteiger charge is 2.28. The van der Waals surface area contributed by atoms with Crippen molar-refractivity contribution in [2.24, 2.45) is 5.92 Å². The van der Waals surface area contributed by atoms with Gasteiger partial charge >= 0.3 is 0 Å². The van der Waals surface area contributed by atoms with Gasteiger partial charge in [0.25, 0.3) is 0 Å². The number of aldehydes is 1. The Morgan fingerprint density at radius 1 is 1.29 bits per heavy atom. The summed E-state index contributed by atoms with van der Waals surface area (Å²) < 4.78 is 25.0. The summed E-state index contributed by atoms with van der Waals surface area (Å²) in [5, 5.41) is 0. The van der Waals surface area contributed by atoms with E-state index in [1.165, 1.54) is 0 Å². The number of methoxy groups -OCH3 is 2. The van der Waals surface area contributed by atoms with E-state index in [4.69, 9.17) is 9.47 Å². The lowest BCUT2D eigenvalue weighted by Gasteiger charge is -2.36. The van der Waals surface area contributed by atoms with Gasteiger partial charge in [-0.15, -0.1) is 0 Å². The molecule has 0 saturated carbocycles. The van der Waals surface area contributed by atoms with E-state index in [0.29, 0.717) is 29.0 Å². The number of anilines is 1. The van der Waals surface area contributed by atoms with Crippen LogP contribution in [0.15, 0.2) is 12.1 Å². The minimum atomic E-state index is -0.298. The van der Waals surface area contributed by atoms with E-state index < -0.39 is 0 Å². The maximum absolute atomic E-state index is 14.4. The number of nitrogens with zero attached hydrogens (tertiary/aromatic N) is 1. The Kier molecular flexibility index (Phi) is 5.31. The van der Waals surface area contributed by atoms with Crippen LogP contribution in [-0.2, 0) is 9.47 Å². The Morgan fingerprint density at radius 3 is 2.43 bits per heavy atom. The van der Waals surface area contributed by atoms with Gasteiger partial charge in [-0.3, -0.25) is 4.79 Å². The van der Waals surface area contributed by atoms with E-state index >= 15 is 0 Å². The fourth-order valence-electron chi connectivity index (χ4n) is 2.95. The van der Waals surface area contributed by atoms with Crippen molar-refractivity contribution in [2.45, 2.75) is 26.1 Å². The number of hydrogen-bond acceptors (Lipinski definition) is 4. The second-order valence-electron chi connectivity index (χ2n) is 5.40. The zero-order valence-electron chi connectivity index (χ0n) is 12.8. The standard InChI is InChI=1S/C16H22FNO3/c1-11-13(10-19)4-5-14(15(11)17)18-8-6-12(7-9-18)16(20-2)21-3/h4-5,10,12,16H,6-9H2,1-3H3. The molecule has 0 aromatic heterocycles. The molecule has 1 saturated heterocycles. The summed E-state index contributed by atoms with van der Waals surface area (Å²) >= 11 is 0. The zero-order valence-corrected chi connectivity index (χ0v) is 12.8. The van der Waals surface area contributed by atoms with Crippen LogP contribution in [0.25, 0.3) is 0 Å². The van der Waals surface area contributed by atoms with Gasteiger partial charge in [0.15, 0.2) is 6.29 Å². The summed E-state index contributed by atoms with van der Waals surface area (Å²) in [6.07, 6.45) is 2.27. The van der Waals surface area contributed by atoms with Crippen molar-refractivity contribution < 1.29 is 18.7 Å². The van der Waals surface area contributed by atoms with Gasteiger partial charge in [0, 0.05) is 38.8 Å². The first-order chi connectivity index (χ1) is 10.1. The summed E-state index contributed by atoms with van der Waals surface area (Å²) in [6, 6.07) is 3.37. The Balaban J connectivity index is 2.09. The molecule has 0 atom stereocenters. The molecule has 1 aliphatic heterocycles. The average molecular weight is 295 g/mol. The first-order valence-corrected chi connectivity index (χ1v) is 7.17. The second-order valence-corrected chi connectivity index (χ2v) is 5.40. The highest BCUT2D eigenvalue weighted by Crippen LogP contribution is 2.30. The van der Waals surface area contributed by atoms with Crippen molar-refractivity contribution in [3.8, 4) is 0 Å². The molecule has 0 spiro atoms. The van der Waals surface area contributed by atoms with E-state index in [9.17, 15) is 9.18 Å². The van der Waals surface area contributed by atoms with Gasteiger partial charge in [-0.25, -0.2) is 4.39 Å². The third kappa shape index (κ3) is 3.24. The topological polar surface area (TPSA) is 38.8 Å². The van der Waals surface area contributed by atoms with E-state index in [0.717, 1.165) is 25.9 Å². The number of ether oxygens (including phenoxy) is 2. The van der Waals surface area contributed by atoms with Crippen molar-refractivity contribution in [1.29, 1.82) is 0 Å². The lowest BCUT2D eigenvalue weighted by molar-refractivity contribution is -0.141. The molecule has 1 aromatic carbocycles. The van der Waals surface area contributed by atoms with E-state index in [2.05, 4.69) is 0 Å². The Hall–Kier alpha value is -1.46. The molecule has 0 N–H and O–H groups in total. The van der Waals surface area contributed by atoms with Gasteiger partial charge in [-0.1, -0.05) is 0 Å². The van der Waals surface area contributed by atoms with Crippen molar-refractivity contribution in [3.05, 3.63) is 29.1 Å². The lowest BCUT2D eigenvalue weighted by atomic mass is 9.95. The second kappa shape index (κ2) is 7.00. The Labute approximate surface area is 124 Å². The first kappa shape index (κ1) is 15.9. The van der Waals surface area contributed by atoms with Crippen LogP contribution < -0.4 is 4.90 Å². The van der Waals surface area contributed by atoms with Gasteiger partial charge < -0.3 is 14.4 Å². The van der Waals surface area contributed by atoms with Gasteiger partial charge in [-0.05, 0) is 37.5 Å². The Bertz CT molecular complexity index is 495. The Morgan fingerprint density at radius 2 is 1.90 bits per heavy atom. The maximum Gasteiger partial charge on any atom is 0.159 e. The van der Waals surface area contributed by atoms with Gasteiger partial charge in [0.2, 0.25) is 0 Å². The molecule has 1 fully saturated rings. The summed E-state index contributed by atoms with van der Waals surface area (Å²) in [7, 11) is 3.28. The van der Waals surface area contributed by atoms with E-state index in [-0.39, 0.29) is 12.1 Å². The summed E-state index contributed by atoms with van der Waals surface area (Å²) in [5.74, 6) is 0.0303. The number of piperidine rings is 1. The first-order valence-electron chi connectivity index (χ1n) is 7.17. The minimum absolute atomic E-state index is 0.198. The summed E-state index contributed by atoms with van der Waals surface area (Å²) in [5.41, 5.74) is 1.39. The number of halogens is 1. The number of benzene rings is 1. The maximum atomic E-state index is 14.4. The fraction of sp³-hybridized carbons (Fsp3) is 0.562. The highest BCUT2D eigenvalue weighted by molar-refractivity contribution is 5.78. The number of carbonyl (C=O) groups excluding carboxylic acids is 1. The molecule has 116 valence electrons. The van der Waals surface area contributed by atoms with Crippen molar-refractivity contribution in [1.82, 2.24) is 0 Å². The normalized spacial score (nSPS) is 16.5. The van der Waals surface area contributed by atoms with Crippen LogP contribution in [-0.4, -0.2) is 39.9 Å². The molecule has 0 bridgehead atoms. The summed E-state index contributed by atoms with van der Waals surface area (Å²) in [6.45, 7) is 3.15. The SMILES string of the molecule is COC(OC)C1CCN(c2ccc(C=O)c(C)c2F)CC1. The fourth-order valence-corrected chi connectivity index (χ4v) is 2.95. The molecular formula is C16H22FNO3. The van der Waals surface area contributed by atoms with Crippen LogP contribution in [0.3, 0.4) is 0 Å². The van der Waals surface area contributed by atoms with Crippen LogP contribution >= 0.6 is 0 Å². The number of hydrogen-bond donors (Lipinski definition) is 0. The van der Waals surface area contributed by atoms with E-state index in [1.54, 1.807) is 33.3 Å². The predicted molar refractivity (Wildman–Crippen MR) is 79.3 cm³/mol. The minimum Gasteiger partial charge on any atom is -0.369 e. The molecule has 1 aliphatic rings. The molecule has 0 radical (unpaired) electrons. The molecule has 0 aliphatic carbocycles.